The lowest BCUT2D eigenvalue weighted by molar-refractivity contribution is 0.436. The second-order valence-corrected chi connectivity index (χ2v) is 4.85. The summed E-state index contributed by atoms with van der Waals surface area (Å²) in [4.78, 5) is 6.12. The van der Waals surface area contributed by atoms with Gasteiger partial charge in [-0.3, -0.25) is 4.99 Å². The molecule has 18 heavy (non-hydrogen) atoms. The van der Waals surface area contributed by atoms with Gasteiger partial charge in [-0.05, 0) is 24.5 Å². The van der Waals surface area contributed by atoms with Crippen molar-refractivity contribution in [1.82, 2.24) is 0 Å². The average molecular weight is 249 g/mol. The number of hydrogen-bond acceptors (Lipinski definition) is 3. The summed E-state index contributed by atoms with van der Waals surface area (Å²) in [7, 11) is 0. The first-order chi connectivity index (χ1) is 8.65. The number of rotatable bonds is 4. The van der Waals surface area contributed by atoms with Crippen LogP contribution in [0.1, 0.15) is 26.7 Å². The molecule has 2 N–H and O–H groups in total. The fraction of sp³-hybridized carbons (Fsp3) is 0.500. The van der Waals surface area contributed by atoms with Crippen molar-refractivity contribution in [2.24, 2.45) is 16.6 Å². The Kier molecular flexibility index (Phi) is 3.84. The minimum atomic E-state index is -0.244. The summed E-state index contributed by atoms with van der Waals surface area (Å²) >= 11 is 0. The van der Waals surface area contributed by atoms with Crippen LogP contribution < -0.4 is 10.6 Å². The van der Waals surface area contributed by atoms with Crippen LogP contribution in [0.2, 0.25) is 0 Å². The summed E-state index contributed by atoms with van der Waals surface area (Å²) in [5.74, 6) is 0.624. The van der Waals surface area contributed by atoms with E-state index in [1.54, 1.807) is 12.1 Å². The van der Waals surface area contributed by atoms with Gasteiger partial charge in [-0.2, -0.15) is 0 Å². The Balaban J connectivity index is 2.28. The molecule has 98 valence electrons. The zero-order valence-electron chi connectivity index (χ0n) is 10.9. The Labute approximate surface area is 108 Å². The van der Waals surface area contributed by atoms with Gasteiger partial charge in [0.1, 0.15) is 5.82 Å². The first-order valence-corrected chi connectivity index (χ1v) is 6.48. The van der Waals surface area contributed by atoms with Crippen LogP contribution in [-0.2, 0) is 0 Å². The predicted molar refractivity (Wildman–Crippen MR) is 73.2 cm³/mol. The molecular weight excluding hydrogens is 229 g/mol. The molecule has 0 aromatic heterocycles. The lowest BCUT2D eigenvalue weighted by Gasteiger charge is -2.30. The smallest absolute Gasteiger partial charge is 0.196 e. The van der Waals surface area contributed by atoms with Crippen LogP contribution in [-0.4, -0.2) is 18.5 Å². The molecule has 1 heterocycles. The van der Waals surface area contributed by atoms with Crippen molar-refractivity contribution in [2.75, 3.05) is 11.4 Å². The van der Waals surface area contributed by atoms with Crippen molar-refractivity contribution in [3.63, 3.8) is 0 Å². The highest BCUT2D eigenvalue weighted by atomic mass is 19.1. The molecule has 0 amide bonds. The molecule has 2 atom stereocenters. The topological polar surface area (TPSA) is 41.6 Å². The molecule has 0 fully saturated rings. The molecule has 1 aromatic rings. The molecule has 1 aliphatic rings. The van der Waals surface area contributed by atoms with E-state index in [1.165, 1.54) is 6.07 Å². The van der Waals surface area contributed by atoms with Gasteiger partial charge in [0.2, 0.25) is 0 Å². The van der Waals surface area contributed by atoms with Crippen LogP contribution in [0.4, 0.5) is 10.1 Å². The lowest BCUT2D eigenvalue weighted by atomic mass is 9.96. The van der Waals surface area contributed by atoms with E-state index in [0.717, 1.165) is 12.8 Å². The number of nitrogens with zero attached hydrogens (tertiary/aromatic N) is 2. The Morgan fingerprint density at radius 3 is 2.89 bits per heavy atom. The van der Waals surface area contributed by atoms with Gasteiger partial charge in [-0.1, -0.05) is 32.4 Å². The number of hydrogen-bond donors (Lipinski definition) is 1. The van der Waals surface area contributed by atoms with Crippen LogP contribution in [0.5, 0.6) is 0 Å². The van der Waals surface area contributed by atoms with Crippen molar-refractivity contribution in [1.29, 1.82) is 0 Å². The molecule has 1 aliphatic heterocycles. The molecule has 0 saturated carbocycles. The monoisotopic (exact) mass is 249 g/mol. The third kappa shape index (κ3) is 2.33. The van der Waals surface area contributed by atoms with E-state index in [0.29, 0.717) is 24.1 Å². The molecule has 0 spiro atoms. The molecular formula is C14H20FN3. The van der Waals surface area contributed by atoms with Gasteiger partial charge in [-0.15, -0.1) is 0 Å². The third-order valence-corrected chi connectivity index (χ3v) is 3.53. The summed E-state index contributed by atoms with van der Waals surface area (Å²) in [5, 5.41) is 0. The van der Waals surface area contributed by atoms with Gasteiger partial charge in [-0.25, -0.2) is 4.39 Å². The number of anilines is 1. The van der Waals surface area contributed by atoms with Crippen LogP contribution >= 0.6 is 0 Å². The lowest BCUT2D eigenvalue weighted by Crippen LogP contribution is -2.44. The molecule has 4 heteroatoms. The summed E-state index contributed by atoms with van der Waals surface area (Å²) in [6.07, 6.45) is 2.21. The summed E-state index contributed by atoms with van der Waals surface area (Å²) in [6, 6.07) is 6.90. The van der Waals surface area contributed by atoms with Gasteiger partial charge in [0.25, 0.3) is 0 Å². The largest absolute Gasteiger partial charge is 0.370 e. The van der Waals surface area contributed by atoms with E-state index >= 15 is 0 Å². The molecule has 0 saturated heterocycles. The van der Waals surface area contributed by atoms with Gasteiger partial charge in [0, 0.05) is 0 Å². The zero-order valence-corrected chi connectivity index (χ0v) is 10.9. The number of benzene rings is 1. The Morgan fingerprint density at radius 1 is 1.50 bits per heavy atom. The third-order valence-electron chi connectivity index (χ3n) is 3.53. The molecule has 0 radical (unpaired) electrons. The standard InChI is InChI=1S/C14H20FN3/c1-3-6-10(2)13-9-17-14(16)18(13)12-8-5-4-7-11(12)15/h4-5,7-8,10,13H,3,6,9H2,1-2H3,(H2,16,17). The van der Waals surface area contributed by atoms with Gasteiger partial charge < -0.3 is 10.6 Å². The highest BCUT2D eigenvalue weighted by Gasteiger charge is 2.32. The maximum absolute atomic E-state index is 13.9. The number of para-hydroxylation sites is 1. The van der Waals surface area contributed by atoms with Gasteiger partial charge >= 0.3 is 0 Å². The van der Waals surface area contributed by atoms with Gasteiger partial charge in [0.05, 0.1) is 18.3 Å². The van der Waals surface area contributed by atoms with Crippen molar-refractivity contribution in [3.05, 3.63) is 30.1 Å². The first-order valence-electron chi connectivity index (χ1n) is 6.48. The number of nitrogens with two attached hydrogens (primary N) is 1. The average Bonchev–Trinajstić information content (AvgIpc) is 2.72. The Hall–Kier alpha value is -1.58. The zero-order chi connectivity index (χ0) is 13.1. The van der Waals surface area contributed by atoms with E-state index in [2.05, 4.69) is 18.8 Å². The molecule has 0 aliphatic carbocycles. The van der Waals surface area contributed by atoms with Crippen molar-refractivity contribution in [2.45, 2.75) is 32.7 Å². The van der Waals surface area contributed by atoms with Crippen LogP contribution in [0.15, 0.2) is 29.3 Å². The quantitative estimate of drug-likeness (QED) is 0.891. The summed E-state index contributed by atoms with van der Waals surface area (Å²) in [5.41, 5.74) is 6.45. The van der Waals surface area contributed by atoms with Crippen molar-refractivity contribution >= 4 is 11.6 Å². The maximum Gasteiger partial charge on any atom is 0.196 e. The van der Waals surface area contributed by atoms with Gasteiger partial charge in [0.15, 0.2) is 5.96 Å². The second kappa shape index (κ2) is 5.38. The summed E-state index contributed by atoms with van der Waals surface area (Å²) in [6.45, 7) is 4.99. The highest BCUT2D eigenvalue weighted by Crippen LogP contribution is 2.28. The Bertz CT molecular complexity index is 444. The molecule has 2 unspecified atom stereocenters. The van der Waals surface area contributed by atoms with E-state index in [1.807, 2.05) is 11.0 Å². The number of guanidine groups is 1. The van der Waals surface area contributed by atoms with Crippen LogP contribution in [0.3, 0.4) is 0 Å². The molecule has 1 aromatic carbocycles. The van der Waals surface area contributed by atoms with Crippen LogP contribution in [0, 0.1) is 11.7 Å². The normalized spacial score (nSPS) is 20.9. The minimum absolute atomic E-state index is 0.168. The molecule has 2 rings (SSSR count). The van der Waals surface area contributed by atoms with Crippen molar-refractivity contribution < 1.29 is 4.39 Å². The molecule has 0 bridgehead atoms. The number of aliphatic imine (C=N–C) groups is 1. The van der Waals surface area contributed by atoms with Crippen molar-refractivity contribution in [3.8, 4) is 0 Å². The Morgan fingerprint density at radius 2 is 2.22 bits per heavy atom. The van der Waals surface area contributed by atoms with E-state index in [4.69, 9.17) is 5.73 Å². The van der Waals surface area contributed by atoms with E-state index in [9.17, 15) is 4.39 Å². The predicted octanol–water partition coefficient (Wildman–Crippen LogP) is 2.77. The fourth-order valence-corrected chi connectivity index (χ4v) is 2.55. The minimum Gasteiger partial charge on any atom is -0.370 e. The highest BCUT2D eigenvalue weighted by molar-refractivity contribution is 5.97. The molecule has 3 nitrogen and oxygen atoms in total. The fourth-order valence-electron chi connectivity index (χ4n) is 2.55. The SMILES string of the molecule is CCCC(C)C1CN=C(N)N1c1ccccc1F. The second-order valence-electron chi connectivity index (χ2n) is 4.85. The number of halogens is 1. The van der Waals surface area contributed by atoms with E-state index in [-0.39, 0.29) is 11.9 Å². The summed E-state index contributed by atoms with van der Waals surface area (Å²) < 4.78 is 13.9. The first kappa shape index (κ1) is 12.9. The maximum atomic E-state index is 13.9. The van der Waals surface area contributed by atoms with Crippen LogP contribution in [0.25, 0.3) is 0 Å². The van der Waals surface area contributed by atoms with E-state index < -0.39 is 0 Å².